The number of amides is 2. The number of fused-ring (bicyclic) bond motifs is 1. The molecule has 0 spiro atoms. The lowest BCUT2D eigenvalue weighted by molar-refractivity contribution is -0.192. The van der Waals surface area contributed by atoms with Crippen LogP contribution in [0.5, 0.6) is 0 Å². The summed E-state index contributed by atoms with van der Waals surface area (Å²) < 4.78 is 31.7. The minimum absolute atomic E-state index is 0.00161. The van der Waals surface area contributed by atoms with Crippen molar-refractivity contribution in [3.05, 3.63) is 35.9 Å². The van der Waals surface area contributed by atoms with Crippen LogP contribution in [0, 0.1) is 0 Å². The fraction of sp³-hybridized carbons (Fsp3) is 0.550. The highest BCUT2D eigenvalue weighted by molar-refractivity contribution is 5.87. The standard InChI is InChI=1S/C18H25N3O2.C2HF3O2/c1-19(2)18(23)13-21-15-9-11-20(16(15)12-17(21)22)10-8-14-6-4-3-5-7-14;3-2(4,5)1(6)7/h3-7,15-16H,8-13H2,1-2H3;(H,6,7)/t15-,16+;/m0./s1. The number of carbonyl (C=O) groups excluding carboxylic acids is 2. The first-order valence-corrected chi connectivity index (χ1v) is 9.58. The van der Waals surface area contributed by atoms with Gasteiger partial charge < -0.3 is 14.9 Å². The molecular formula is C20H26F3N3O4. The van der Waals surface area contributed by atoms with Crippen LogP contribution in [0.15, 0.2) is 30.3 Å². The van der Waals surface area contributed by atoms with E-state index in [0.29, 0.717) is 6.42 Å². The first kappa shape index (κ1) is 23.7. The van der Waals surface area contributed by atoms with Crippen LogP contribution in [0.3, 0.4) is 0 Å². The molecule has 0 aromatic heterocycles. The molecule has 3 rings (SSSR count). The summed E-state index contributed by atoms with van der Waals surface area (Å²) in [6.07, 6.45) is -2.54. The zero-order chi connectivity index (χ0) is 22.5. The maximum absolute atomic E-state index is 12.3. The molecule has 2 atom stereocenters. The molecule has 0 unspecified atom stereocenters. The Bertz CT molecular complexity index is 755. The predicted octanol–water partition coefficient (Wildman–Crippen LogP) is 1.63. The molecule has 0 radical (unpaired) electrons. The second kappa shape index (κ2) is 9.92. The van der Waals surface area contributed by atoms with Crippen molar-refractivity contribution >= 4 is 17.8 Å². The zero-order valence-electron chi connectivity index (χ0n) is 16.9. The molecule has 0 aliphatic carbocycles. The third-order valence-electron chi connectivity index (χ3n) is 5.31. The van der Waals surface area contributed by atoms with Gasteiger partial charge in [0.25, 0.3) is 0 Å². The molecule has 2 aliphatic heterocycles. The van der Waals surface area contributed by atoms with Gasteiger partial charge in [-0.1, -0.05) is 30.3 Å². The Morgan fingerprint density at radius 1 is 1.17 bits per heavy atom. The van der Waals surface area contributed by atoms with E-state index in [1.807, 2.05) is 6.07 Å². The van der Waals surface area contributed by atoms with E-state index in [9.17, 15) is 22.8 Å². The van der Waals surface area contributed by atoms with Crippen LogP contribution in [-0.2, 0) is 20.8 Å². The number of likely N-dealkylation sites (tertiary alicyclic amines) is 2. The number of nitrogens with zero attached hydrogens (tertiary/aromatic N) is 3. The van der Waals surface area contributed by atoms with Crippen LogP contribution in [0.1, 0.15) is 18.4 Å². The van der Waals surface area contributed by atoms with E-state index in [0.717, 1.165) is 25.9 Å². The molecule has 30 heavy (non-hydrogen) atoms. The normalized spacial score (nSPS) is 21.1. The number of hydrogen-bond donors (Lipinski definition) is 1. The first-order valence-electron chi connectivity index (χ1n) is 9.58. The van der Waals surface area contributed by atoms with Gasteiger partial charge >= 0.3 is 12.1 Å². The van der Waals surface area contributed by atoms with Crippen molar-refractivity contribution in [3.63, 3.8) is 0 Å². The fourth-order valence-corrected chi connectivity index (χ4v) is 3.70. The smallest absolute Gasteiger partial charge is 0.475 e. The Labute approximate surface area is 173 Å². The summed E-state index contributed by atoms with van der Waals surface area (Å²) >= 11 is 0. The van der Waals surface area contributed by atoms with Gasteiger partial charge in [0.15, 0.2) is 0 Å². The van der Waals surface area contributed by atoms with E-state index in [1.54, 1.807) is 23.9 Å². The molecule has 2 heterocycles. The van der Waals surface area contributed by atoms with E-state index < -0.39 is 12.1 Å². The molecule has 0 bridgehead atoms. The average molecular weight is 429 g/mol. The molecule has 2 amide bonds. The molecule has 0 saturated carbocycles. The highest BCUT2D eigenvalue weighted by Crippen LogP contribution is 2.32. The summed E-state index contributed by atoms with van der Waals surface area (Å²) in [5.41, 5.74) is 1.33. The Balaban J connectivity index is 0.000000396. The van der Waals surface area contributed by atoms with E-state index >= 15 is 0 Å². The predicted molar refractivity (Wildman–Crippen MR) is 103 cm³/mol. The molecule has 2 aliphatic rings. The van der Waals surface area contributed by atoms with Crippen molar-refractivity contribution in [3.8, 4) is 0 Å². The van der Waals surface area contributed by atoms with Crippen molar-refractivity contribution in [2.45, 2.75) is 37.5 Å². The van der Waals surface area contributed by atoms with Gasteiger partial charge in [-0.05, 0) is 18.4 Å². The molecular weight excluding hydrogens is 403 g/mol. The monoisotopic (exact) mass is 429 g/mol. The van der Waals surface area contributed by atoms with Crippen LogP contribution in [0.2, 0.25) is 0 Å². The maximum atomic E-state index is 12.3. The van der Waals surface area contributed by atoms with Gasteiger partial charge in [0.1, 0.15) is 6.54 Å². The lowest BCUT2D eigenvalue weighted by Crippen LogP contribution is -2.43. The molecule has 1 N–H and O–H groups in total. The number of carboxylic acid groups (broad SMARTS) is 1. The second-order valence-electron chi connectivity index (χ2n) is 7.51. The number of carbonyl (C=O) groups is 3. The number of aliphatic carboxylic acids is 1. The highest BCUT2D eigenvalue weighted by Gasteiger charge is 2.46. The Morgan fingerprint density at radius 2 is 1.77 bits per heavy atom. The van der Waals surface area contributed by atoms with E-state index in [2.05, 4.69) is 29.2 Å². The van der Waals surface area contributed by atoms with Crippen molar-refractivity contribution < 1.29 is 32.7 Å². The van der Waals surface area contributed by atoms with Crippen LogP contribution in [0.25, 0.3) is 0 Å². The van der Waals surface area contributed by atoms with Gasteiger partial charge in [0.2, 0.25) is 11.8 Å². The van der Waals surface area contributed by atoms with E-state index in [-0.39, 0.29) is 30.4 Å². The quantitative estimate of drug-likeness (QED) is 0.770. The van der Waals surface area contributed by atoms with Gasteiger partial charge in [0, 0.05) is 45.7 Å². The van der Waals surface area contributed by atoms with Crippen LogP contribution in [0.4, 0.5) is 13.2 Å². The minimum atomic E-state index is -5.08. The van der Waals surface area contributed by atoms with Crippen LogP contribution >= 0.6 is 0 Å². The number of alkyl halides is 3. The summed E-state index contributed by atoms with van der Waals surface area (Å²) in [7, 11) is 3.47. The van der Waals surface area contributed by atoms with Crippen molar-refractivity contribution in [1.82, 2.24) is 14.7 Å². The second-order valence-corrected chi connectivity index (χ2v) is 7.51. The molecule has 166 valence electrons. The third-order valence-corrected chi connectivity index (χ3v) is 5.31. The topological polar surface area (TPSA) is 81.2 Å². The van der Waals surface area contributed by atoms with E-state index in [4.69, 9.17) is 9.90 Å². The molecule has 10 heteroatoms. The van der Waals surface area contributed by atoms with Gasteiger partial charge in [0.05, 0.1) is 0 Å². The Morgan fingerprint density at radius 3 is 2.30 bits per heavy atom. The summed E-state index contributed by atoms with van der Waals surface area (Å²) in [5.74, 6) is -2.63. The molecule has 2 fully saturated rings. The number of carboxylic acids is 1. The Hall–Kier alpha value is -2.62. The van der Waals surface area contributed by atoms with E-state index in [1.165, 1.54) is 5.56 Å². The summed E-state index contributed by atoms with van der Waals surface area (Å²) in [5, 5.41) is 7.12. The van der Waals surface area contributed by atoms with Crippen molar-refractivity contribution in [1.29, 1.82) is 0 Å². The van der Waals surface area contributed by atoms with Crippen molar-refractivity contribution in [2.75, 3.05) is 33.7 Å². The lowest BCUT2D eigenvalue weighted by Gasteiger charge is -2.26. The van der Waals surface area contributed by atoms with Crippen molar-refractivity contribution in [2.24, 2.45) is 0 Å². The number of rotatable bonds is 5. The lowest BCUT2D eigenvalue weighted by atomic mass is 10.1. The molecule has 1 aromatic carbocycles. The number of likely N-dealkylation sites (N-methyl/N-ethyl adjacent to an activating group) is 1. The zero-order valence-corrected chi connectivity index (χ0v) is 16.9. The SMILES string of the molecule is CN(C)C(=O)CN1C(=O)C[C@@H]2[C@@H]1CCN2CCc1ccccc1.O=C(O)C(F)(F)F. The van der Waals surface area contributed by atoms with Gasteiger partial charge in [-0.25, -0.2) is 4.79 Å². The number of hydrogen-bond acceptors (Lipinski definition) is 4. The summed E-state index contributed by atoms with van der Waals surface area (Å²) in [6.45, 7) is 2.22. The minimum Gasteiger partial charge on any atom is -0.475 e. The molecule has 1 aromatic rings. The van der Waals surface area contributed by atoms with Crippen LogP contribution in [-0.4, -0.2) is 89.6 Å². The molecule has 2 saturated heterocycles. The average Bonchev–Trinajstić information content (AvgIpc) is 3.20. The largest absolute Gasteiger partial charge is 0.490 e. The summed E-state index contributed by atoms with van der Waals surface area (Å²) in [4.78, 5) is 38.9. The number of benzene rings is 1. The highest BCUT2D eigenvalue weighted by atomic mass is 19.4. The van der Waals surface area contributed by atoms with Crippen LogP contribution < -0.4 is 0 Å². The Kier molecular flexibility index (Phi) is 7.83. The maximum Gasteiger partial charge on any atom is 0.490 e. The molecule has 7 nitrogen and oxygen atoms in total. The first-order chi connectivity index (χ1) is 14.0. The third kappa shape index (κ3) is 6.19. The van der Waals surface area contributed by atoms with Gasteiger partial charge in [-0.15, -0.1) is 0 Å². The van der Waals surface area contributed by atoms with Gasteiger partial charge in [-0.3, -0.25) is 14.5 Å². The van der Waals surface area contributed by atoms with Gasteiger partial charge in [-0.2, -0.15) is 13.2 Å². The number of halogens is 3. The summed E-state index contributed by atoms with van der Waals surface area (Å²) in [6, 6.07) is 10.9. The fourth-order valence-electron chi connectivity index (χ4n) is 3.70.